The summed E-state index contributed by atoms with van der Waals surface area (Å²) in [7, 11) is -2.14. The Morgan fingerprint density at radius 2 is 2.29 bits per heavy atom. The molecule has 1 fully saturated rings. The highest BCUT2D eigenvalue weighted by Crippen LogP contribution is 2.38. The van der Waals surface area contributed by atoms with Crippen LogP contribution in [0, 0.1) is 0 Å². The molecule has 6 heteroatoms. The van der Waals surface area contributed by atoms with Crippen molar-refractivity contribution in [2.45, 2.75) is 31.7 Å². The van der Waals surface area contributed by atoms with Crippen molar-refractivity contribution in [3.63, 3.8) is 0 Å². The molecule has 0 aromatic rings. The predicted octanol–water partition coefficient (Wildman–Crippen LogP) is 0.379. The summed E-state index contributed by atoms with van der Waals surface area (Å²) in [5, 5.41) is 0. The monoisotopic (exact) mass is 223 g/mol. The van der Waals surface area contributed by atoms with Crippen molar-refractivity contribution in [2.24, 2.45) is 0 Å². The van der Waals surface area contributed by atoms with Crippen LogP contribution in [0.4, 0.5) is 0 Å². The molecule has 4 unspecified atom stereocenters. The van der Waals surface area contributed by atoms with E-state index in [4.69, 9.17) is 14.0 Å². The zero-order chi connectivity index (χ0) is 10.8. The summed E-state index contributed by atoms with van der Waals surface area (Å²) < 4.78 is 26.3. The maximum atomic E-state index is 11.0. The first-order valence-corrected chi connectivity index (χ1v) is 6.52. The molecule has 1 aliphatic heterocycles. The SMILES string of the molecule is COCC1OC(C)CC1OP(C)(=O)[O-]. The molecule has 0 aromatic heterocycles. The van der Waals surface area contributed by atoms with Gasteiger partial charge in [-0.3, -0.25) is 0 Å². The van der Waals surface area contributed by atoms with Gasteiger partial charge in [-0.15, -0.1) is 0 Å². The highest BCUT2D eigenvalue weighted by atomic mass is 31.2. The van der Waals surface area contributed by atoms with E-state index < -0.39 is 13.7 Å². The molecule has 4 atom stereocenters. The predicted molar refractivity (Wildman–Crippen MR) is 49.2 cm³/mol. The van der Waals surface area contributed by atoms with Crippen molar-refractivity contribution in [1.82, 2.24) is 0 Å². The second-order valence-electron chi connectivity index (χ2n) is 3.59. The molecule has 0 aliphatic carbocycles. The minimum Gasteiger partial charge on any atom is -0.779 e. The summed E-state index contributed by atoms with van der Waals surface area (Å²) in [4.78, 5) is 11.0. The lowest BCUT2D eigenvalue weighted by molar-refractivity contribution is -0.202. The minimum atomic E-state index is -3.69. The molecule has 1 heterocycles. The van der Waals surface area contributed by atoms with Gasteiger partial charge in [0.1, 0.15) is 13.7 Å². The Bertz CT molecular complexity index is 226. The van der Waals surface area contributed by atoms with Crippen LogP contribution in [0.5, 0.6) is 0 Å². The van der Waals surface area contributed by atoms with Crippen LogP contribution in [0.15, 0.2) is 0 Å². The second kappa shape index (κ2) is 4.73. The molecule has 84 valence electrons. The van der Waals surface area contributed by atoms with Gasteiger partial charge in [0.05, 0.1) is 18.8 Å². The van der Waals surface area contributed by atoms with E-state index in [9.17, 15) is 9.46 Å². The van der Waals surface area contributed by atoms with Crippen LogP contribution in [0.25, 0.3) is 0 Å². The van der Waals surface area contributed by atoms with E-state index in [2.05, 4.69) is 0 Å². The smallest absolute Gasteiger partial charge is 0.132 e. The molecule has 5 nitrogen and oxygen atoms in total. The summed E-state index contributed by atoms with van der Waals surface area (Å²) in [5.74, 6) is 0. The van der Waals surface area contributed by atoms with Crippen molar-refractivity contribution in [2.75, 3.05) is 20.4 Å². The number of methoxy groups -OCH3 is 1. The van der Waals surface area contributed by atoms with Gasteiger partial charge in [-0.2, -0.15) is 0 Å². The van der Waals surface area contributed by atoms with Gasteiger partial charge in [-0.25, -0.2) is 0 Å². The van der Waals surface area contributed by atoms with Crippen LogP contribution in [0.3, 0.4) is 0 Å². The maximum absolute atomic E-state index is 11.0. The van der Waals surface area contributed by atoms with E-state index in [1.54, 1.807) is 7.11 Å². The Morgan fingerprint density at radius 3 is 2.79 bits per heavy atom. The maximum Gasteiger partial charge on any atom is 0.132 e. The third-order valence-electron chi connectivity index (χ3n) is 2.04. The first-order valence-electron chi connectivity index (χ1n) is 4.53. The van der Waals surface area contributed by atoms with Crippen molar-refractivity contribution < 1.29 is 23.5 Å². The van der Waals surface area contributed by atoms with Gasteiger partial charge in [0.15, 0.2) is 0 Å². The Balaban J connectivity index is 2.53. The summed E-state index contributed by atoms with van der Waals surface area (Å²) >= 11 is 0. The van der Waals surface area contributed by atoms with Gasteiger partial charge in [-0.05, 0) is 6.92 Å². The van der Waals surface area contributed by atoms with Crippen molar-refractivity contribution >= 4 is 7.60 Å². The van der Waals surface area contributed by atoms with E-state index in [-0.39, 0.29) is 12.2 Å². The molecule has 0 amide bonds. The van der Waals surface area contributed by atoms with Crippen molar-refractivity contribution in [1.29, 1.82) is 0 Å². The molecule has 1 saturated heterocycles. The Morgan fingerprint density at radius 1 is 1.64 bits per heavy atom. The van der Waals surface area contributed by atoms with Crippen molar-refractivity contribution in [3.05, 3.63) is 0 Å². The molecule has 0 spiro atoms. The van der Waals surface area contributed by atoms with E-state index in [0.29, 0.717) is 13.0 Å². The van der Waals surface area contributed by atoms with Gasteiger partial charge < -0.3 is 23.5 Å². The third-order valence-corrected chi connectivity index (χ3v) is 2.70. The number of rotatable bonds is 4. The normalized spacial score (nSPS) is 37.0. The fraction of sp³-hybridized carbons (Fsp3) is 1.00. The molecular formula is C8H16O5P-. The summed E-state index contributed by atoms with van der Waals surface area (Å²) in [6.45, 7) is 3.31. The molecule has 0 radical (unpaired) electrons. The Hall–Kier alpha value is 0.0700. The Kier molecular flexibility index (Phi) is 4.10. The molecule has 0 saturated carbocycles. The van der Waals surface area contributed by atoms with E-state index in [1.165, 1.54) is 0 Å². The van der Waals surface area contributed by atoms with Gasteiger partial charge in [-0.1, -0.05) is 0 Å². The molecule has 0 bridgehead atoms. The largest absolute Gasteiger partial charge is 0.779 e. The van der Waals surface area contributed by atoms with Crippen molar-refractivity contribution in [3.8, 4) is 0 Å². The molecular weight excluding hydrogens is 207 g/mol. The highest BCUT2D eigenvalue weighted by Gasteiger charge is 2.35. The zero-order valence-electron chi connectivity index (χ0n) is 8.63. The van der Waals surface area contributed by atoms with E-state index in [1.807, 2.05) is 6.92 Å². The van der Waals surface area contributed by atoms with Gasteiger partial charge in [0, 0.05) is 20.2 Å². The van der Waals surface area contributed by atoms with Crippen LogP contribution in [-0.2, 0) is 18.6 Å². The minimum absolute atomic E-state index is 0.0201. The molecule has 14 heavy (non-hydrogen) atoms. The van der Waals surface area contributed by atoms with Gasteiger partial charge in [0.2, 0.25) is 0 Å². The Labute approximate surface area is 83.9 Å². The van der Waals surface area contributed by atoms with Gasteiger partial charge in [0.25, 0.3) is 0 Å². The average molecular weight is 223 g/mol. The van der Waals surface area contributed by atoms with Crippen LogP contribution in [0.2, 0.25) is 0 Å². The summed E-state index contributed by atoms with van der Waals surface area (Å²) in [6.07, 6.45) is -0.0733. The first-order chi connectivity index (χ1) is 6.42. The standard InChI is InChI=1S/C8H17O5P/c1-6-4-7(13-14(3,9)10)8(12-6)5-11-2/h6-8H,4-5H2,1-3H3,(H,9,10)/p-1. The summed E-state index contributed by atoms with van der Waals surface area (Å²) in [5.41, 5.74) is 0. The quantitative estimate of drug-likeness (QED) is 0.644. The lowest BCUT2D eigenvalue weighted by Crippen LogP contribution is -2.29. The lowest BCUT2D eigenvalue weighted by Gasteiger charge is -2.25. The molecule has 0 N–H and O–H groups in total. The number of ether oxygens (including phenoxy) is 2. The van der Waals surface area contributed by atoms with E-state index in [0.717, 1.165) is 6.66 Å². The fourth-order valence-electron chi connectivity index (χ4n) is 1.59. The molecule has 1 rings (SSSR count). The van der Waals surface area contributed by atoms with Crippen LogP contribution < -0.4 is 4.89 Å². The first kappa shape index (κ1) is 12.1. The van der Waals surface area contributed by atoms with Crippen LogP contribution in [0.1, 0.15) is 13.3 Å². The topological polar surface area (TPSA) is 67.8 Å². The molecule has 1 aliphatic rings. The lowest BCUT2D eigenvalue weighted by atomic mass is 10.1. The second-order valence-corrected chi connectivity index (χ2v) is 5.34. The highest BCUT2D eigenvalue weighted by molar-refractivity contribution is 7.50. The summed E-state index contributed by atoms with van der Waals surface area (Å²) in [6, 6.07) is 0. The average Bonchev–Trinajstić information content (AvgIpc) is 2.28. The van der Waals surface area contributed by atoms with E-state index >= 15 is 0 Å². The van der Waals surface area contributed by atoms with Gasteiger partial charge >= 0.3 is 0 Å². The van der Waals surface area contributed by atoms with Crippen LogP contribution in [-0.4, -0.2) is 38.7 Å². The fourth-order valence-corrected chi connectivity index (χ4v) is 2.30. The zero-order valence-corrected chi connectivity index (χ0v) is 9.53. The van der Waals surface area contributed by atoms with Crippen LogP contribution >= 0.6 is 7.60 Å². The number of hydrogen-bond donors (Lipinski definition) is 0. The third kappa shape index (κ3) is 3.67. The number of hydrogen-bond acceptors (Lipinski definition) is 5. The molecule has 0 aromatic carbocycles.